The van der Waals surface area contributed by atoms with E-state index in [-0.39, 0.29) is 5.91 Å². The predicted molar refractivity (Wildman–Crippen MR) is 78.6 cm³/mol. The summed E-state index contributed by atoms with van der Waals surface area (Å²) in [5.74, 6) is 0.730. The van der Waals surface area contributed by atoms with Crippen LogP contribution in [0.25, 0.3) is 0 Å². The smallest absolute Gasteiger partial charge is 0.238 e. The molecule has 1 aromatic carbocycles. The van der Waals surface area contributed by atoms with Crippen LogP contribution in [0.5, 0.6) is 5.75 Å². The van der Waals surface area contributed by atoms with Crippen LogP contribution in [0.3, 0.4) is 0 Å². The average Bonchev–Trinajstić information content (AvgIpc) is 2.43. The second-order valence-corrected chi connectivity index (χ2v) is 4.35. The van der Waals surface area contributed by atoms with Gasteiger partial charge in [0.25, 0.3) is 0 Å². The fourth-order valence-corrected chi connectivity index (χ4v) is 1.75. The van der Waals surface area contributed by atoms with Gasteiger partial charge in [0.15, 0.2) is 0 Å². The number of carbonyl (C=O) groups is 1. The Hall–Kier alpha value is -1.55. The zero-order valence-electron chi connectivity index (χ0n) is 12.1. The molecule has 4 heteroatoms. The Morgan fingerprint density at radius 1 is 1.21 bits per heavy atom. The topological polar surface area (TPSA) is 41.6 Å². The second-order valence-electron chi connectivity index (χ2n) is 4.35. The lowest BCUT2D eigenvalue weighted by molar-refractivity contribution is -0.117. The first-order valence-corrected chi connectivity index (χ1v) is 6.95. The van der Waals surface area contributed by atoms with Crippen LogP contribution >= 0.6 is 0 Å². The third-order valence-electron chi connectivity index (χ3n) is 2.88. The molecule has 0 aliphatic rings. The lowest BCUT2D eigenvalue weighted by Crippen LogP contribution is -2.33. The van der Waals surface area contributed by atoms with Crippen molar-refractivity contribution in [2.45, 2.75) is 27.2 Å². The summed E-state index contributed by atoms with van der Waals surface area (Å²) in [5, 5.41) is 2.91. The standard InChI is InChI=1S/C15H24N2O2/c1-4-11-19-14-10-8-7-9-13(14)16-15(18)12-17(5-2)6-3/h7-10H,4-6,11-12H2,1-3H3,(H,16,18). The van der Waals surface area contributed by atoms with Gasteiger partial charge >= 0.3 is 0 Å². The first kappa shape index (κ1) is 15.5. The van der Waals surface area contributed by atoms with Crippen molar-refractivity contribution in [1.29, 1.82) is 0 Å². The number of likely N-dealkylation sites (N-methyl/N-ethyl adjacent to an activating group) is 1. The highest BCUT2D eigenvalue weighted by Gasteiger charge is 2.10. The molecule has 0 bridgehead atoms. The van der Waals surface area contributed by atoms with Gasteiger partial charge in [-0.05, 0) is 31.6 Å². The van der Waals surface area contributed by atoms with Gasteiger partial charge in [-0.25, -0.2) is 0 Å². The molecule has 0 saturated carbocycles. The van der Waals surface area contributed by atoms with Crippen LogP contribution in [-0.4, -0.2) is 37.0 Å². The number of anilines is 1. The number of ether oxygens (including phenoxy) is 1. The van der Waals surface area contributed by atoms with E-state index in [2.05, 4.69) is 31.0 Å². The van der Waals surface area contributed by atoms with Gasteiger partial charge in [-0.15, -0.1) is 0 Å². The highest BCUT2D eigenvalue weighted by molar-refractivity contribution is 5.93. The van der Waals surface area contributed by atoms with Crippen LogP contribution in [0, 0.1) is 0 Å². The molecule has 0 unspecified atom stereocenters. The maximum atomic E-state index is 12.0. The molecule has 0 spiro atoms. The van der Waals surface area contributed by atoms with Gasteiger partial charge in [-0.1, -0.05) is 32.9 Å². The molecular formula is C15H24N2O2. The quantitative estimate of drug-likeness (QED) is 0.785. The molecule has 0 aliphatic carbocycles. The van der Waals surface area contributed by atoms with Gasteiger partial charge in [0.1, 0.15) is 5.75 Å². The Bertz CT molecular complexity index is 389. The van der Waals surface area contributed by atoms with Gasteiger partial charge in [0, 0.05) is 0 Å². The highest BCUT2D eigenvalue weighted by atomic mass is 16.5. The normalized spacial score (nSPS) is 10.5. The van der Waals surface area contributed by atoms with Crippen LogP contribution < -0.4 is 10.1 Å². The number of carbonyl (C=O) groups excluding carboxylic acids is 1. The largest absolute Gasteiger partial charge is 0.491 e. The molecule has 0 aliphatic heterocycles. The number of hydrogen-bond acceptors (Lipinski definition) is 3. The minimum atomic E-state index is -0.00347. The van der Waals surface area contributed by atoms with E-state index in [1.54, 1.807) is 0 Å². The first-order valence-electron chi connectivity index (χ1n) is 6.95. The summed E-state index contributed by atoms with van der Waals surface area (Å²) in [5.41, 5.74) is 0.744. The van der Waals surface area contributed by atoms with E-state index in [1.165, 1.54) is 0 Å². The van der Waals surface area contributed by atoms with Crippen molar-refractivity contribution in [2.24, 2.45) is 0 Å². The molecule has 1 N–H and O–H groups in total. The Kier molecular flexibility index (Phi) is 6.97. The Labute approximate surface area is 115 Å². The molecule has 0 saturated heterocycles. The van der Waals surface area contributed by atoms with E-state index in [4.69, 9.17) is 4.74 Å². The summed E-state index contributed by atoms with van der Waals surface area (Å²) >= 11 is 0. The Morgan fingerprint density at radius 2 is 1.89 bits per heavy atom. The van der Waals surface area contributed by atoms with Crippen LogP contribution in [0.4, 0.5) is 5.69 Å². The Balaban J connectivity index is 2.62. The third kappa shape index (κ3) is 5.30. The number of benzene rings is 1. The lowest BCUT2D eigenvalue weighted by Gasteiger charge is -2.18. The minimum Gasteiger partial charge on any atom is -0.491 e. The third-order valence-corrected chi connectivity index (χ3v) is 2.88. The van der Waals surface area contributed by atoms with Crippen molar-refractivity contribution in [3.05, 3.63) is 24.3 Å². The average molecular weight is 264 g/mol. The zero-order valence-corrected chi connectivity index (χ0v) is 12.1. The van der Waals surface area contributed by atoms with Crippen molar-refractivity contribution in [2.75, 3.05) is 31.6 Å². The minimum absolute atomic E-state index is 0.00347. The molecule has 1 rings (SSSR count). The van der Waals surface area contributed by atoms with E-state index in [0.717, 1.165) is 30.9 Å². The molecule has 1 aromatic rings. The maximum absolute atomic E-state index is 12.0. The molecular weight excluding hydrogens is 240 g/mol. The van der Waals surface area contributed by atoms with Crippen molar-refractivity contribution in [1.82, 2.24) is 4.90 Å². The summed E-state index contributed by atoms with van der Waals surface area (Å²) in [6.07, 6.45) is 0.946. The fourth-order valence-electron chi connectivity index (χ4n) is 1.75. The van der Waals surface area contributed by atoms with Crippen molar-refractivity contribution >= 4 is 11.6 Å². The Morgan fingerprint density at radius 3 is 2.53 bits per heavy atom. The van der Waals surface area contributed by atoms with Crippen LogP contribution in [0.1, 0.15) is 27.2 Å². The summed E-state index contributed by atoms with van der Waals surface area (Å²) < 4.78 is 5.62. The van der Waals surface area contributed by atoms with E-state index < -0.39 is 0 Å². The van der Waals surface area contributed by atoms with E-state index >= 15 is 0 Å². The predicted octanol–water partition coefficient (Wildman–Crippen LogP) is 2.76. The zero-order chi connectivity index (χ0) is 14.1. The monoisotopic (exact) mass is 264 g/mol. The second kappa shape index (κ2) is 8.53. The van der Waals surface area contributed by atoms with Crippen LogP contribution in [0.2, 0.25) is 0 Å². The molecule has 1 amide bonds. The van der Waals surface area contributed by atoms with Crippen LogP contribution in [0.15, 0.2) is 24.3 Å². The number of rotatable bonds is 8. The first-order chi connectivity index (χ1) is 9.21. The molecule has 0 fully saturated rings. The fraction of sp³-hybridized carbons (Fsp3) is 0.533. The number of hydrogen-bond donors (Lipinski definition) is 1. The number of nitrogens with zero attached hydrogens (tertiary/aromatic N) is 1. The lowest BCUT2D eigenvalue weighted by atomic mass is 10.3. The molecule has 0 radical (unpaired) electrons. The van der Waals surface area contributed by atoms with E-state index in [9.17, 15) is 4.79 Å². The van der Waals surface area contributed by atoms with E-state index in [0.29, 0.717) is 13.2 Å². The van der Waals surface area contributed by atoms with Gasteiger partial charge < -0.3 is 10.1 Å². The van der Waals surface area contributed by atoms with Crippen LogP contribution in [-0.2, 0) is 4.79 Å². The number of nitrogens with one attached hydrogen (secondary N) is 1. The van der Waals surface area contributed by atoms with Crippen molar-refractivity contribution < 1.29 is 9.53 Å². The molecule has 0 aromatic heterocycles. The van der Waals surface area contributed by atoms with E-state index in [1.807, 2.05) is 24.3 Å². The van der Waals surface area contributed by atoms with Gasteiger partial charge in [-0.3, -0.25) is 9.69 Å². The van der Waals surface area contributed by atoms with Gasteiger partial charge in [0.2, 0.25) is 5.91 Å². The van der Waals surface area contributed by atoms with Crippen molar-refractivity contribution in [3.8, 4) is 5.75 Å². The summed E-state index contributed by atoms with van der Waals surface area (Å²) in [4.78, 5) is 14.0. The molecule has 106 valence electrons. The molecule has 4 nitrogen and oxygen atoms in total. The number of para-hydroxylation sites is 2. The summed E-state index contributed by atoms with van der Waals surface area (Å²) in [7, 11) is 0. The highest BCUT2D eigenvalue weighted by Crippen LogP contribution is 2.23. The molecule has 0 heterocycles. The van der Waals surface area contributed by atoms with Gasteiger partial charge in [0.05, 0.1) is 18.8 Å². The maximum Gasteiger partial charge on any atom is 0.238 e. The summed E-state index contributed by atoms with van der Waals surface area (Å²) in [6.45, 7) is 8.97. The SMILES string of the molecule is CCCOc1ccccc1NC(=O)CN(CC)CC. The molecule has 0 atom stereocenters. The molecule has 19 heavy (non-hydrogen) atoms. The van der Waals surface area contributed by atoms with Crippen molar-refractivity contribution in [3.63, 3.8) is 0 Å². The van der Waals surface area contributed by atoms with Gasteiger partial charge in [-0.2, -0.15) is 0 Å². The number of amides is 1. The summed E-state index contributed by atoms with van der Waals surface area (Å²) in [6, 6.07) is 7.55.